The first-order valence-electron chi connectivity index (χ1n) is 18.2. The fourth-order valence-corrected chi connectivity index (χ4v) is 5.94. The number of rotatable bonds is 33. The van der Waals surface area contributed by atoms with Gasteiger partial charge in [0, 0.05) is 0 Å². The Morgan fingerprint density at radius 3 is 0.658 bits per heavy atom. The number of hydrogen-bond donors (Lipinski definition) is 1. The summed E-state index contributed by atoms with van der Waals surface area (Å²) in [5, 5.41) is 0. The number of nitrogens with one attached hydrogen (secondary N) is 1. The van der Waals surface area contributed by atoms with Crippen LogP contribution < -0.4 is 21.9 Å². The Morgan fingerprint density at radius 1 is 0.237 bits per heavy atom. The molecule has 0 bridgehead atoms. The van der Waals surface area contributed by atoms with E-state index in [2.05, 4.69) is 20.8 Å². The Labute approximate surface area is 254 Å². The van der Waals surface area contributed by atoms with E-state index in [4.69, 9.17) is 0 Å². The molecule has 0 radical (unpaired) electrons. The second kappa shape index (κ2) is 37.4. The van der Waals surface area contributed by atoms with Gasteiger partial charge in [-0.05, 0) is 32.1 Å². The molecule has 0 aromatic heterocycles. The average molecular weight is 603 g/mol. The van der Waals surface area contributed by atoms with E-state index in [9.17, 15) is 0 Å². The molecule has 0 saturated heterocycles. The third-order valence-corrected chi connectivity index (χ3v) is 8.65. The number of hydrogen-bond acceptors (Lipinski definition) is 0. The molecule has 232 valence electrons. The van der Waals surface area contributed by atoms with Crippen molar-refractivity contribution in [3.63, 3.8) is 0 Å². The summed E-state index contributed by atoms with van der Waals surface area (Å²) in [4.78, 5) is 1.92. The van der Waals surface area contributed by atoms with Gasteiger partial charge in [-0.25, -0.2) is 0 Å². The minimum atomic E-state index is 0. The van der Waals surface area contributed by atoms with E-state index in [1.165, 1.54) is 212 Å². The summed E-state index contributed by atoms with van der Waals surface area (Å²) in [5.74, 6) is 0. The summed E-state index contributed by atoms with van der Waals surface area (Å²) in [5.41, 5.74) is 0. The standard InChI is InChI=1S/C36H75N.BrH/c1-4-7-10-12-14-16-18-20-22-24-26-28-30-32-35-37(34-9-6-3)36-33-31-29-27-25-23-21-19-17-15-13-11-8-5-2;/h4-36H2,1-3H3;1H. The van der Waals surface area contributed by atoms with Gasteiger partial charge in [0.1, 0.15) is 0 Å². The highest BCUT2D eigenvalue weighted by Crippen LogP contribution is 2.14. The average Bonchev–Trinajstić information content (AvgIpc) is 2.91. The molecule has 0 aromatic rings. The van der Waals surface area contributed by atoms with Gasteiger partial charge in [-0.1, -0.05) is 181 Å². The minimum absolute atomic E-state index is 0. The highest BCUT2D eigenvalue weighted by atomic mass is 79.9. The van der Waals surface area contributed by atoms with Crippen molar-refractivity contribution in [2.45, 2.75) is 213 Å². The van der Waals surface area contributed by atoms with Crippen molar-refractivity contribution in [1.29, 1.82) is 0 Å². The molecule has 0 amide bonds. The summed E-state index contributed by atoms with van der Waals surface area (Å²) in [7, 11) is 0. The molecule has 0 aliphatic rings. The lowest BCUT2D eigenvalue weighted by atomic mass is 10.0. The summed E-state index contributed by atoms with van der Waals surface area (Å²) in [6.45, 7) is 11.3. The van der Waals surface area contributed by atoms with Gasteiger partial charge in [-0.2, -0.15) is 0 Å². The second-order valence-corrected chi connectivity index (χ2v) is 12.5. The van der Waals surface area contributed by atoms with Crippen LogP contribution in [-0.2, 0) is 0 Å². The van der Waals surface area contributed by atoms with Crippen molar-refractivity contribution in [3.05, 3.63) is 0 Å². The first-order chi connectivity index (χ1) is 18.3. The molecule has 0 atom stereocenters. The Bertz CT molecular complexity index is 354. The van der Waals surface area contributed by atoms with E-state index >= 15 is 0 Å². The largest absolute Gasteiger partial charge is 1.00 e. The maximum atomic E-state index is 2.36. The van der Waals surface area contributed by atoms with Gasteiger partial charge in [-0.3, -0.25) is 0 Å². The highest BCUT2D eigenvalue weighted by molar-refractivity contribution is 4.51. The molecular formula is C36H76BrN. The van der Waals surface area contributed by atoms with Gasteiger partial charge in [0.15, 0.2) is 0 Å². The molecular weight excluding hydrogens is 526 g/mol. The second-order valence-electron chi connectivity index (χ2n) is 12.5. The SMILES string of the molecule is CCCCCCCCCCCCCCCC[NH+](CCCC)CCCCCCCCCCCCCCCC.[Br-]. The molecule has 1 N–H and O–H groups in total. The maximum absolute atomic E-state index is 2.36. The molecule has 38 heavy (non-hydrogen) atoms. The Morgan fingerprint density at radius 2 is 0.421 bits per heavy atom. The lowest BCUT2D eigenvalue weighted by Gasteiger charge is -2.19. The first-order valence-corrected chi connectivity index (χ1v) is 18.2. The van der Waals surface area contributed by atoms with Crippen LogP contribution in [-0.4, -0.2) is 19.6 Å². The molecule has 0 unspecified atom stereocenters. The quantitative estimate of drug-likeness (QED) is 0.0718. The van der Waals surface area contributed by atoms with Gasteiger partial charge < -0.3 is 21.9 Å². The lowest BCUT2D eigenvalue weighted by molar-refractivity contribution is -0.900. The van der Waals surface area contributed by atoms with Crippen LogP contribution in [0.5, 0.6) is 0 Å². The summed E-state index contributed by atoms with van der Waals surface area (Å²) in [6, 6.07) is 0. The van der Waals surface area contributed by atoms with Crippen molar-refractivity contribution in [1.82, 2.24) is 0 Å². The van der Waals surface area contributed by atoms with E-state index < -0.39 is 0 Å². The fraction of sp³-hybridized carbons (Fsp3) is 1.00. The van der Waals surface area contributed by atoms with Crippen LogP contribution in [0.15, 0.2) is 0 Å². The summed E-state index contributed by atoms with van der Waals surface area (Å²) < 4.78 is 0. The fourth-order valence-electron chi connectivity index (χ4n) is 5.94. The Kier molecular flexibility index (Phi) is 40.0. The highest BCUT2D eigenvalue weighted by Gasteiger charge is 2.07. The van der Waals surface area contributed by atoms with Crippen LogP contribution >= 0.6 is 0 Å². The number of quaternary nitrogens is 1. The molecule has 2 heteroatoms. The van der Waals surface area contributed by atoms with Crippen molar-refractivity contribution in [2.24, 2.45) is 0 Å². The third kappa shape index (κ3) is 34.5. The van der Waals surface area contributed by atoms with E-state index in [1.54, 1.807) is 0 Å². The van der Waals surface area contributed by atoms with E-state index in [1.807, 2.05) is 4.90 Å². The maximum Gasteiger partial charge on any atom is 0.0770 e. The summed E-state index contributed by atoms with van der Waals surface area (Å²) in [6.07, 6.45) is 44.0. The Hall–Kier alpha value is 0.440. The normalized spacial score (nSPS) is 11.4. The molecule has 0 aliphatic heterocycles. The van der Waals surface area contributed by atoms with Gasteiger partial charge in [0.25, 0.3) is 0 Å². The molecule has 1 nitrogen and oxygen atoms in total. The summed E-state index contributed by atoms with van der Waals surface area (Å²) >= 11 is 0. The zero-order chi connectivity index (χ0) is 26.9. The van der Waals surface area contributed by atoms with Crippen LogP contribution in [0.4, 0.5) is 0 Å². The predicted octanol–water partition coefficient (Wildman–Crippen LogP) is 8.64. The van der Waals surface area contributed by atoms with Crippen LogP contribution in [0.25, 0.3) is 0 Å². The smallest absolute Gasteiger partial charge is 0.0770 e. The zero-order valence-corrected chi connectivity index (χ0v) is 28.8. The van der Waals surface area contributed by atoms with Crippen LogP contribution in [0.2, 0.25) is 0 Å². The molecule has 0 fully saturated rings. The number of unbranched alkanes of at least 4 members (excludes halogenated alkanes) is 27. The van der Waals surface area contributed by atoms with Crippen molar-refractivity contribution in [3.8, 4) is 0 Å². The zero-order valence-electron chi connectivity index (χ0n) is 27.2. The minimum Gasteiger partial charge on any atom is -1.00 e. The van der Waals surface area contributed by atoms with Gasteiger partial charge in [0.2, 0.25) is 0 Å². The van der Waals surface area contributed by atoms with Gasteiger partial charge >= 0.3 is 0 Å². The predicted molar refractivity (Wildman–Crippen MR) is 171 cm³/mol. The van der Waals surface area contributed by atoms with Crippen LogP contribution in [0.3, 0.4) is 0 Å². The molecule has 0 rings (SSSR count). The molecule has 0 heterocycles. The molecule has 0 aliphatic carbocycles. The van der Waals surface area contributed by atoms with Crippen molar-refractivity contribution < 1.29 is 21.9 Å². The molecule has 0 aromatic carbocycles. The van der Waals surface area contributed by atoms with E-state index in [0.29, 0.717) is 0 Å². The monoisotopic (exact) mass is 602 g/mol. The lowest BCUT2D eigenvalue weighted by Crippen LogP contribution is -3.12. The van der Waals surface area contributed by atoms with Crippen molar-refractivity contribution in [2.75, 3.05) is 19.6 Å². The van der Waals surface area contributed by atoms with Gasteiger partial charge in [0.05, 0.1) is 19.6 Å². The van der Waals surface area contributed by atoms with Crippen LogP contribution in [0.1, 0.15) is 213 Å². The number of halogens is 1. The topological polar surface area (TPSA) is 4.44 Å². The third-order valence-electron chi connectivity index (χ3n) is 8.65. The Balaban J connectivity index is 0. The van der Waals surface area contributed by atoms with E-state index in [0.717, 1.165) is 0 Å². The molecule has 0 spiro atoms. The van der Waals surface area contributed by atoms with Crippen molar-refractivity contribution >= 4 is 0 Å². The first kappa shape index (κ1) is 40.6. The molecule has 0 saturated carbocycles. The van der Waals surface area contributed by atoms with Gasteiger partial charge in [-0.15, -0.1) is 0 Å². The van der Waals surface area contributed by atoms with Crippen LogP contribution in [0, 0.1) is 0 Å². The van der Waals surface area contributed by atoms with E-state index in [-0.39, 0.29) is 17.0 Å².